The first-order chi connectivity index (χ1) is 51.2. The maximum Gasteiger partial charge on any atom is 0.348 e. The summed E-state index contributed by atoms with van der Waals surface area (Å²) in [5, 5.41) is 18.3. The summed E-state index contributed by atoms with van der Waals surface area (Å²) in [5.74, 6) is -0.413. The Morgan fingerprint density at radius 1 is 0.821 bits per heavy atom. The second kappa shape index (κ2) is 37.1. The Hall–Kier alpha value is -11.0. The lowest BCUT2D eigenvalue weighted by Crippen LogP contribution is -2.57. The minimum absolute atomic E-state index is 0.0133. The number of carbonyl (C=O) groups excluding carboxylic acids is 5. The van der Waals surface area contributed by atoms with Gasteiger partial charge in [-0.05, 0) is 138 Å². The van der Waals surface area contributed by atoms with E-state index in [4.69, 9.17) is 66.2 Å². The monoisotopic (exact) mass is 1480 g/mol. The van der Waals surface area contributed by atoms with E-state index in [1.54, 1.807) is 64.6 Å². The summed E-state index contributed by atoms with van der Waals surface area (Å²) in [6.45, 7) is 10.5. The molecule has 6 aromatic carbocycles. The number of methoxy groups -OCH3 is 2. The van der Waals surface area contributed by atoms with Crippen LogP contribution in [0.4, 0.5) is 14.9 Å². The lowest BCUT2D eigenvalue weighted by Gasteiger charge is -2.42. The first kappa shape index (κ1) is 77.6. The smallest absolute Gasteiger partial charge is 0.348 e. The standard InChI is InChI=1S/C77H85ClFN15O11S/c1-47(2)69(91-65(95)42-87-92-81)73(97)90-60(15-12-31-84-77(80)99)72(96)89-55-25-22-52(53(39-55)41-82-4)43-94(5)36-33-93(34-37-94)35-38-102-63-29-28-58(48(3)68(63)78)66-67-74(85-46-86-75(67)106-70(66)50-20-23-54(79)24-21-50)105-64(76(98)104-44-49-18-26-57(100-6)27-19-49)40-51-13-8-10-16-61(51)103-45-56-30-32-83-71(88-56)59-14-9-11-17-62(59)101-7/h8-11,13-14,16-30,32,39,46-47,60,64,69,82H,12,15,31,33-38,40-45H2,1-7H3,(H5-,80,84,89,90,91,95,96,97,99)/p+1/t60-,64+,69-/m0/s1. The highest BCUT2D eigenvalue weighted by molar-refractivity contribution is 7.22. The summed E-state index contributed by atoms with van der Waals surface area (Å²) in [6, 6.07) is 36.7. The molecule has 0 aliphatic carbocycles. The first-order valence-corrected chi connectivity index (χ1v) is 35.8. The van der Waals surface area contributed by atoms with Crippen LogP contribution in [0.3, 0.4) is 0 Å². The summed E-state index contributed by atoms with van der Waals surface area (Å²) in [4.78, 5) is 91.2. The van der Waals surface area contributed by atoms with E-state index in [0.717, 1.165) is 64.3 Å². The van der Waals surface area contributed by atoms with E-state index < -0.39 is 60.3 Å². The van der Waals surface area contributed by atoms with Crippen molar-refractivity contribution in [2.24, 2.45) is 16.8 Å². The number of para-hydroxylation sites is 2. The zero-order valence-corrected chi connectivity index (χ0v) is 61.6. The van der Waals surface area contributed by atoms with Crippen molar-refractivity contribution in [2.75, 3.05) is 86.1 Å². The minimum atomic E-state index is -1.29. The average Bonchev–Trinajstić information content (AvgIpc) is 1.59. The molecule has 1 aliphatic rings. The number of urea groups is 1. The van der Waals surface area contributed by atoms with Crippen molar-refractivity contribution in [1.29, 1.82) is 0 Å². The van der Waals surface area contributed by atoms with Crippen molar-refractivity contribution in [3.63, 3.8) is 0 Å². The molecule has 1 saturated heterocycles. The third-order valence-corrected chi connectivity index (χ3v) is 19.8. The Bertz CT molecular complexity index is 4620. The largest absolute Gasteiger partial charge is 0.497 e. The number of fused-ring (bicyclic) bond motifs is 1. The van der Waals surface area contributed by atoms with E-state index in [9.17, 15) is 28.4 Å². The highest BCUT2D eigenvalue weighted by Gasteiger charge is 2.34. The zero-order chi connectivity index (χ0) is 75.3. The Labute approximate surface area is 622 Å². The molecule has 3 aromatic heterocycles. The molecule has 0 bridgehead atoms. The van der Waals surface area contributed by atoms with E-state index in [0.29, 0.717) is 109 Å². The summed E-state index contributed by atoms with van der Waals surface area (Å²) in [5.41, 5.74) is 22.0. The fourth-order valence-electron chi connectivity index (χ4n) is 12.4. The number of primary amides is 1. The molecule has 9 aromatic rings. The van der Waals surface area contributed by atoms with Crippen LogP contribution in [-0.4, -0.2) is 158 Å². The fraction of sp³-hybridized carbons (Fsp3) is 0.338. The van der Waals surface area contributed by atoms with Crippen molar-refractivity contribution in [3.05, 3.63) is 201 Å². The first-order valence-electron chi connectivity index (χ1n) is 34.6. The van der Waals surface area contributed by atoms with E-state index >= 15 is 0 Å². The zero-order valence-electron chi connectivity index (χ0n) is 60.0. The number of amides is 5. The number of nitrogens with two attached hydrogens (primary N) is 1. The second-order valence-corrected chi connectivity index (χ2v) is 27.4. The molecular weight excluding hydrogens is 1400 g/mol. The maximum atomic E-state index is 14.7. The summed E-state index contributed by atoms with van der Waals surface area (Å²) in [7, 11) is 7.26. The van der Waals surface area contributed by atoms with Gasteiger partial charge >= 0.3 is 12.0 Å². The van der Waals surface area contributed by atoms with Crippen molar-refractivity contribution in [1.82, 2.24) is 46.1 Å². The molecule has 1 fully saturated rings. The summed E-state index contributed by atoms with van der Waals surface area (Å²) < 4.78 is 52.3. The van der Waals surface area contributed by atoms with Crippen LogP contribution < -0.4 is 56.0 Å². The Morgan fingerprint density at radius 3 is 2.30 bits per heavy atom. The molecule has 26 nitrogen and oxygen atoms in total. The third kappa shape index (κ3) is 20.5. The number of nitrogens with zero attached hydrogens (tertiary/aromatic N) is 9. The molecule has 4 heterocycles. The van der Waals surface area contributed by atoms with Crippen LogP contribution in [0.25, 0.3) is 53.6 Å². The Morgan fingerprint density at radius 2 is 1.58 bits per heavy atom. The highest BCUT2D eigenvalue weighted by Crippen LogP contribution is 2.50. The van der Waals surface area contributed by atoms with Gasteiger partial charge in [0.25, 0.3) is 0 Å². The van der Waals surface area contributed by atoms with Crippen LogP contribution in [0.2, 0.25) is 5.02 Å². The number of hydrogen-bond donors (Lipinski definition) is 6. The molecule has 3 atom stereocenters. The predicted octanol–water partition coefficient (Wildman–Crippen LogP) is 11.3. The molecular formula is C77H86ClFN15O11S+. The number of carbonyl (C=O) groups is 5. The van der Waals surface area contributed by atoms with Gasteiger partial charge in [0, 0.05) is 71.9 Å². The van der Waals surface area contributed by atoms with Crippen LogP contribution in [0.1, 0.15) is 60.2 Å². The highest BCUT2D eigenvalue weighted by atomic mass is 35.5. The van der Waals surface area contributed by atoms with Crippen LogP contribution in [-0.2, 0) is 56.6 Å². The number of rotatable bonds is 35. The topological polar surface area (TPSA) is 330 Å². The molecule has 5 amide bonds. The van der Waals surface area contributed by atoms with Crippen molar-refractivity contribution >= 4 is 68.6 Å². The average molecular weight is 1480 g/mol. The number of aromatic nitrogens is 4. The molecule has 10 rings (SSSR count). The SMILES string of the molecule is CNCc1cc(NC(=O)[C@H](CCCNC(N)=O)NC(=O)[C@@H](NC(=O)CN=[N+]=[N-])C(C)C)ccc1C[N+]1(C)CCN(CCOc2ccc(-c3c(-c4ccc(F)cc4)sc4ncnc(O[C@H](Cc5ccccc5OCc5ccnc(-c6ccccc6OC)n5)C(=O)OCc5ccc(OC)cc5)c34)c(C)c2Cl)CC1. The number of esters is 1. The number of halogens is 2. The van der Waals surface area contributed by atoms with Crippen molar-refractivity contribution in [3.8, 4) is 61.8 Å². The van der Waals surface area contributed by atoms with Gasteiger partial charge in [-0.1, -0.05) is 97.3 Å². The second-order valence-electron chi connectivity index (χ2n) is 26.0. The number of benzene rings is 6. The number of likely N-dealkylation sites (N-methyl/N-ethyl adjacent to an activating group) is 1. The predicted molar refractivity (Wildman–Crippen MR) is 403 cm³/mol. The van der Waals surface area contributed by atoms with Gasteiger partial charge in [-0.2, -0.15) is 0 Å². The molecule has 554 valence electrons. The number of quaternary nitrogens is 1. The normalized spacial score (nSPS) is 13.5. The van der Waals surface area contributed by atoms with Crippen LogP contribution in [0.15, 0.2) is 151 Å². The minimum Gasteiger partial charge on any atom is -0.497 e. The third-order valence-electron chi connectivity index (χ3n) is 18.2. The van der Waals surface area contributed by atoms with E-state index in [2.05, 4.69) is 53.5 Å². The van der Waals surface area contributed by atoms with E-state index in [1.165, 1.54) is 29.8 Å². The van der Waals surface area contributed by atoms with Gasteiger partial charge in [-0.15, -0.1) is 11.3 Å². The summed E-state index contributed by atoms with van der Waals surface area (Å²) in [6.07, 6.45) is 2.18. The molecule has 1 aliphatic heterocycles. The lowest BCUT2D eigenvalue weighted by atomic mass is 9.96. The molecule has 0 spiro atoms. The number of hydrogen-bond acceptors (Lipinski definition) is 19. The molecule has 106 heavy (non-hydrogen) atoms. The number of ether oxygens (including phenoxy) is 6. The van der Waals surface area contributed by atoms with E-state index in [-0.39, 0.29) is 44.4 Å². The van der Waals surface area contributed by atoms with Crippen LogP contribution in [0.5, 0.6) is 28.9 Å². The van der Waals surface area contributed by atoms with Crippen LogP contribution >= 0.6 is 22.9 Å². The van der Waals surface area contributed by atoms with Gasteiger partial charge in [0.1, 0.15) is 85.0 Å². The Balaban J connectivity index is 0.834. The number of nitrogens with one attached hydrogen (secondary N) is 5. The van der Waals surface area contributed by atoms with Crippen LogP contribution in [0, 0.1) is 18.7 Å². The fourth-order valence-corrected chi connectivity index (χ4v) is 13.8. The van der Waals surface area contributed by atoms with Gasteiger partial charge in [0.2, 0.25) is 29.7 Å². The van der Waals surface area contributed by atoms with Gasteiger partial charge in [-0.25, -0.2) is 33.9 Å². The number of piperazine rings is 1. The number of thiophene rings is 1. The molecule has 0 unspecified atom stereocenters. The molecule has 29 heteroatoms. The van der Waals surface area contributed by atoms with E-state index in [1.807, 2.05) is 105 Å². The molecule has 0 radical (unpaired) electrons. The molecule has 7 N–H and O–H groups in total. The number of anilines is 1. The van der Waals surface area contributed by atoms with Crippen molar-refractivity contribution < 1.29 is 61.3 Å². The quantitative estimate of drug-likeness (QED) is 0.00537. The van der Waals surface area contributed by atoms with Gasteiger partial charge in [0.15, 0.2) is 5.82 Å². The molecule has 0 saturated carbocycles. The van der Waals surface area contributed by atoms with Gasteiger partial charge in [0.05, 0.1) is 56.0 Å². The van der Waals surface area contributed by atoms with Crippen molar-refractivity contribution in [2.45, 2.75) is 84.5 Å². The number of azide groups is 1. The Kier molecular flexibility index (Phi) is 27.2. The lowest BCUT2D eigenvalue weighted by molar-refractivity contribution is -0.926. The maximum absolute atomic E-state index is 14.7. The van der Waals surface area contributed by atoms with Gasteiger partial charge < -0.3 is 65.2 Å². The summed E-state index contributed by atoms with van der Waals surface area (Å²) >= 11 is 8.73. The van der Waals surface area contributed by atoms with Gasteiger partial charge in [-0.3, -0.25) is 19.3 Å².